The molecule has 3 nitrogen and oxygen atoms in total. The van der Waals surface area contributed by atoms with E-state index in [9.17, 15) is 0 Å². The summed E-state index contributed by atoms with van der Waals surface area (Å²) < 4.78 is 0. The Morgan fingerprint density at radius 2 is 0.642 bits per heavy atom. The lowest BCUT2D eigenvalue weighted by atomic mass is 9.70. The fourth-order valence-electron chi connectivity index (χ4n) is 11.5. The maximum Gasteiger partial charge on any atom is 0.164 e. The lowest BCUT2D eigenvalue weighted by Gasteiger charge is -2.30. The largest absolute Gasteiger partial charge is 0.208 e. The van der Waals surface area contributed by atoms with Crippen LogP contribution in [-0.4, -0.2) is 15.0 Å². The predicted molar refractivity (Wildman–Crippen MR) is 276 cm³/mol. The summed E-state index contributed by atoms with van der Waals surface area (Å²) in [5.41, 5.74) is 17.8. The van der Waals surface area contributed by atoms with Crippen LogP contribution in [0.15, 0.2) is 237 Å². The van der Waals surface area contributed by atoms with Gasteiger partial charge in [0.1, 0.15) is 0 Å². The third kappa shape index (κ3) is 5.55. The molecule has 11 aromatic carbocycles. The summed E-state index contributed by atoms with van der Waals surface area (Å²) in [4.78, 5) is 15.0. The van der Waals surface area contributed by atoms with Crippen molar-refractivity contribution in [2.45, 2.75) is 5.41 Å². The maximum atomic E-state index is 5.05. The summed E-state index contributed by atoms with van der Waals surface area (Å²) in [5.74, 6) is 1.94. The van der Waals surface area contributed by atoms with Gasteiger partial charge in [-0.3, -0.25) is 0 Å². The molecule has 2 aliphatic carbocycles. The first kappa shape index (κ1) is 37.6. The van der Waals surface area contributed by atoms with Crippen LogP contribution in [-0.2, 0) is 5.41 Å². The molecule has 0 radical (unpaired) electrons. The number of hydrogen-bond donors (Lipinski definition) is 0. The molecule has 67 heavy (non-hydrogen) atoms. The SMILES string of the molecule is c1ccc(-c2nc(-c3ccccc3)nc(-c3cccc(-c4ccc5c(c4)c4ccccc4c4cccc(-c6ccc7c(c6)-c6ccccc6C76c7ccccc7-c7ccccc76)c45)c3)n2)cc1. The second kappa shape index (κ2) is 14.6. The molecule has 0 fully saturated rings. The van der Waals surface area contributed by atoms with E-state index in [0.717, 1.165) is 27.8 Å². The molecule has 0 N–H and O–H groups in total. The van der Waals surface area contributed by atoms with Gasteiger partial charge in [-0.2, -0.15) is 0 Å². The number of fused-ring (bicyclic) bond motifs is 16. The van der Waals surface area contributed by atoms with Crippen molar-refractivity contribution in [2.75, 3.05) is 0 Å². The molecule has 2 aliphatic rings. The highest BCUT2D eigenvalue weighted by Crippen LogP contribution is 2.63. The summed E-state index contributed by atoms with van der Waals surface area (Å²) in [7, 11) is 0. The number of rotatable bonds is 5. The van der Waals surface area contributed by atoms with E-state index in [4.69, 9.17) is 15.0 Å². The standard InChI is InChI=1S/C64H39N3/c1-3-17-40(18-4-1)61-65-62(41-19-5-2-6-20-41)67-63(66-61)45-22-15-21-42(37-45)43-33-35-53-54(38-43)48-24-8-7-23-47(48)52-29-16-28-46(60(52)53)44-34-36-59-55(39-44)51-27-11-14-32-58(51)64(59)56-30-12-9-25-49(56)50-26-10-13-31-57(50)64/h1-39H. The van der Waals surface area contributed by atoms with E-state index in [0.29, 0.717) is 17.5 Å². The Hall–Kier alpha value is -8.79. The quantitative estimate of drug-likeness (QED) is 0.162. The van der Waals surface area contributed by atoms with E-state index >= 15 is 0 Å². The minimum absolute atomic E-state index is 0.370. The number of hydrogen-bond acceptors (Lipinski definition) is 3. The van der Waals surface area contributed by atoms with Gasteiger partial charge in [0.05, 0.1) is 5.41 Å². The number of benzene rings is 11. The zero-order valence-corrected chi connectivity index (χ0v) is 36.4. The van der Waals surface area contributed by atoms with Gasteiger partial charge in [-0.05, 0) is 117 Å². The fraction of sp³-hybridized carbons (Fsp3) is 0.0156. The summed E-state index contributed by atoms with van der Waals surface area (Å²) in [6.45, 7) is 0. The first-order valence-corrected chi connectivity index (χ1v) is 23.0. The van der Waals surface area contributed by atoms with Gasteiger partial charge in [-0.15, -0.1) is 0 Å². The molecule has 12 aromatic rings. The van der Waals surface area contributed by atoms with E-state index in [-0.39, 0.29) is 5.41 Å². The highest BCUT2D eigenvalue weighted by atomic mass is 15.0. The smallest absolute Gasteiger partial charge is 0.164 e. The van der Waals surface area contributed by atoms with E-state index in [1.807, 2.05) is 60.7 Å². The average Bonchev–Trinajstić information content (AvgIpc) is 3.88. The van der Waals surface area contributed by atoms with Crippen molar-refractivity contribution in [2.24, 2.45) is 0 Å². The van der Waals surface area contributed by atoms with Crippen LogP contribution in [0.1, 0.15) is 22.3 Å². The molecule has 0 aliphatic heterocycles. The van der Waals surface area contributed by atoms with Crippen LogP contribution in [0.25, 0.3) is 111 Å². The Balaban J connectivity index is 0.935. The first-order valence-electron chi connectivity index (χ1n) is 23.0. The fourth-order valence-corrected chi connectivity index (χ4v) is 11.5. The maximum absolute atomic E-state index is 5.05. The topological polar surface area (TPSA) is 38.7 Å². The van der Waals surface area contributed by atoms with E-state index < -0.39 is 0 Å². The summed E-state index contributed by atoms with van der Waals surface area (Å²) >= 11 is 0. The van der Waals surface area contributed by atoms with Crippen LogP contribution < -0.4 is 0 Å². The second-order valence-electron chi connectivity index (χ2n) is 17.8. The van der Waals surface area contributed by atoms with Crippen molar-refractivity contribution in [1.29, 1.82) is 0 Å². The van der Waals surface area contributed by atoms with Crippen molar-refractivity contribution in [3.63, 3.8) is 0 Å². The summed E-state index contributed by atoms with van der Waals surface area (Å²) in [5, 5.41) is 7.46. The van der Waals surface area contributed by atoms with Crippen LogP contribution in [0.2, 0.25) is 0 Å². The molecule has 0 saturated heterocycles. The Morgan fingerprint density at radius 1 is 0.224 bits per heavy atom. The minimum Gasteiger partial charge on any atom is -0.208 e. The van der Waals surface area contributed by atoms with Crippen LogP contribution in [0.5, 0.6) is 0 Å². The van der Waals surface area contributed by atoms with Crippen molar-refractivity contribution >= 4 is 32.3 Å². The molecular formula is C64H39N3. The van der Waals surface area contributed by atoms with Crippen molar-refractivity contribution < 1.29 is 0 Å². The normalized spacial score (nSPS) is 12.9. The molecule has 0 unspecified atom stereocenters. The highest BCUT2D eigenvalue weighted by Gasteiger charge is 2.51. The Morgan fingerprint density at radius 3 is 1.28 bits per heavy atom. The summed E-state index contributed by atoms with van der Waals surface area (Å²) in [6.07, 6.45) is 0. The molecule has 310 valence electrons. The Bertz CT molecular complexity index is 3880. The monoisotopic (exact) mass is 849 g/mol. The van der Waals surface area contributed by atoms with Crippen molar-refractivity contribution in [1.82, 2.24) is 15.0 Å². The van der Waals surface area contributed by atoms with Crippen molar-refractivity contribution in [3.05, 3.63) is 259 Å². The number of aromatic nitrogens is 3. The molecular weight excluding hydrogens is 811 g/mol. The highest BCUT2D eigenvalue weighted by molar-refractivity contribution is 6.29. The molecule has 0 amide bonds. The summed E-state index contributed by atoms with van der Waals surface area (Å²) in [6, 6.07) is 86.0. The molecule has 0 saturated carbocycles. The molecule has 1 aromatic heterocycles. The van der Waals surface area contributed by atoms with Gasteiger partial charge < -0.3 is 0 Å². The van der Waals surface area contributed by atoms with Crippen LogP contribution >= 0.6 is 0 Å². The molecule has 14 rings (SSSR count). The van der Waals surface area contributed by atoms with Gasteiger partial charge >= 0.3 is 0 Å². The molecule has 1 heterocycles. The van der Waals surface area contributed by atoms with E-state index in [1.165, 1.54) is 88.0 Å². The average molecular weight is 850 g/mol. The van der Waals surface area contributed by atoms with Crippen LogP contribution in [0, 0.1) is 0 Å². The number of nitrogens with zero attached hydrogens (tertiary/aromatic N) is 3. The second-order valence-corrected chi connectivity index (χ2v) is 17.8. The molecule has 0 bridgehead atoms. The molecule has 1 spiro atoms. The zero-order valence-electron chi connectivity index (χ0n) is 36.4. The van der Waals surface area contributed by atoms with Crippen LogP contribution in [0.3, 0.4) is 0 Å². The molecule has 3 heteroatoms. The van der Waals surface area contributed by atoms with Gasteiger partial charge in [0.15, 0.2) is 17.5 Å². The lowest BCUT2D eigenvalue weighted by molar-refractivity contribution is 0.794. The Labute approximate surface area is 388 Å². The molecule has 0 atom stereocenters. The van der Waals surface area contributed by atoms with Gasteiger partial charge in [-0.25, -0.2) is 15.0 Å². The van der Waals surface area contributed by atoms with Gasteiger partial charge in [0.25, 0.3) is 0 Å². The zero-order chi connectivity index (χ0) is 44.1. The lowest BCUT2D eigenvalue weighted by Crippen LogP contribution is -2.25. The van der Waals surface area contributed by atoms with E-state index in [1.54, 1.807) is 0 Å². The van der Waals surface area contributed by atoms with Gasteiger partial charge in [-0.1, -0.05) is 218 Å². The third-order valence-corrected chi connectivity index (χ3v) is 14.3. The van der Waals surface area contributed by atoms with Crippen LogP contribution in [0.4, 0.5) is 0 Å². The van der Waals surface area contributed by atoms with Gasteiger partial charge in [0.2, 0.25) is 0 Å². The minimum atomic E-state index is -0.370. The first-order chi connectivity index (χ1) is 33.2. The van der Waals surface area contributed by atoms with Crippen molar-refractivity contribution in [3.8, 4) is 78.7 Å². The Kier molecular flexibility index (Phi) is 8.20. The third-order valence-electron chi connectivity index (χ3n) is 14.3. The van der Waals surface area contributed by atoms with E-state index in [2.05, 4.69) is 176 Å². The predicted octanol–water partition coefficient (Wildman–Crippen LogP) is 16.0. The van der Waals surface area contributed by atoms with Gasteiger partial charge in [0, 0.05) is 16.7 Å².